The zero-order valence-electron chi connectivity index (χ0n) is 7.50. The van der Waals surface area contributed by atoms with E-state index in [-0.39, 0.29) is 0 Å². The van der Waals surface area contributed by atoms with E-state index in [0.717, 1.165) is 24.4 Å². The molecule has 0 radical (unpaired) electrons. The van der Waals surface area contributed by atoms with E-state index in [4.69, 9.17) is 11.6 Å². The number of halogens is 1. The third kappa shape index (κ3) is 2.10. The Morgan fingerprint density at radius 3 is 2.69 bits per heavy atom. The van der Waals surface area contributed by atoms with Crippen molar-refractivity contribution in [2.75, 3.05) is 5.32 Å². The van der Waals surface area contributed by atoms with Gasteiger partial charge in [-0.3, -0.25) is 0 Å². The Kier molecular flexibility index (Phi) is 2.36. The van der Waals surface area contributed by atoms with Gasteiger partial charge in [-0.15, -0.1) is 16.7 Å². The monoisotopic (exact) mass is 197 g/mol. The van der Waals surface area contributed by atoms with Crippen molar-refractivity contribution >= 4 is 17.4 Å². The van der Waals surface area contributed by atoms with Gasteiger partial charge in [-0.2, -0.15) is 5.10 Å². The Balaban J connectivity index is 1.91. The lowest BCUT2D eigenvalue weighted by Crippen LogP contribution is -2.36. The third-order valence-electron chi connectivity index (χ3n) is 2.23. The van der Waals surface area contributed by atoms with Gasteiger partial charge in [-0.25, -0.2) is 0 Å². The maximum absolute atomic E-state index is 5.86. The first-order chi connectivity index (χ1) is 6.24. The summed E-state index contributed by atoms with van der Waals surface area (Å²) in [6.45, 7) is 1.93. The third-order valence-corrected chi connectivity index (χ3v) is 2.59. The van der Waals surface area contributed by atoms with Gasteiger partial charge in [0.1, 0.15) is 5.82 Å². The highest BCUT2D eigenvalue weighted by Gasteiger charge is 2.27. The quantitative estimate of drug-likeness (QED) is 0.737. The summed E-state index contributed by atoms with van der Waals surface area (Å²) in [5, 5.41) is 11.6. The summed E-state index contributed by atoms with van der Waals surface area (Å²) in [6, 6.07) is 4.38. The van der Waals surface area contributed by atoms with Gasteiger partial charge in [-0.05, 0) is 31.9 Å². The van der Waals surface area contributed by atoms with Crippen LogP contribution >= 0.6 is 11.6 Å². The van der Waals surface area contributed by atoms with Crippen LogP contribution in [0.4, 0.5) is 5.82 Å². The fraction of sp³-hybridized carbons (Fsp3) is 0.556. The van der Waals surface area contributed by atoms with Gasteiger partial charge in [0.05, 0.1) is 5.69 Å². The molecule has 70 valence electrons. The summed E-state index contributed by atoms with van der Waals surface area (Å²) in [4.78, 5) is 0. The Hall–Kier alpha value is -0.830. The highest BCUT2D eigenvalue weighted by atomic mass is 35.5. The zero-order chi connectivity index (χ0) is 9.26. The van der Waals surface area contributed by atoms with Gasteiger partial charge in [0.25, 0.3) is 0 Å². The smallest absolute Gasteiger partial charge is 0.148 e. The van der Waals surface area contributed by atoms with Crippen molar-refractivity contribution in [2.24, 2.45) is 0 Å². The van der Waals surface area contributed by atoms with Crippen molar-refractivity contribution in [3.63, 3.8) is 0 Å². The molecule has 0 atom stereocenters. The number of anilines is 1. The Morgan fingerprint density at radius 1 is 1.38 bits per heavy atom. The molecular weight excluding hydrogens is 186 g/mol. The number of aryl methyl sites for hydroxylation is 1. The summed E-state index contributed by atoms with van der Waals surface area (Å²) < 4.78 is 0. The summed E-state index contributed by atoms with van der Waals surface area (Å²) in [5.74, 6) is 0.846. The van der Waals surface area contributed by atoms with Crippen molar-refractivity contribution in [3.8, 4) is 0 Å². The fourth-order valence-electron chi connectivity index (χ4n) is 1.35. The highest BCUT2D eigenvalue weighted by Crippen LogP contribution is 2.27. The summed E-state index contributed by atoms with van der Waals surface area (Å²) in [5.41, 5.74) is 0.939. The van der Waals surface area contributed by atoms with Crippen LogP contribution in [-0.4, -0.2) is 21.6 Å². The van der Waals surface area contributed by atoms with Crippen LogP contribution in [0.2, 0.25) is 0 Å². The molecule has 1 saturated carbocycles. The number of hydrogen-bond acceptors (Lipinski definition) is 3. The van der Waals surface area contributed by atoms with Crippen molar-refractivity contribution in [3.05, 3.63) is 17.8 Å². The fourth-order valence-corrected chi connectivity index (χ4v) is 1.78. The number of nitrogens with one attached hydrogen (secondary N) is 1. The molecule has 13 heavy (non-hydrogen) atoms. The van der Waals surface area contributed by atoms with Gasteiger partial charge in [0, 0.05) is 11.4 Å². The first-order valence-electron chi connectivity index (χ1n) is 4.45. The lowest BCUT2D eigenvalue weighted by Gasteiger charge is -2.31. The van der Waals surface area contributed by atoms with E-state index in [1.54, 1.807) is 0 Å². The molecule has 0 aromatic carbocycles. The molecule has 0 aliphatic heterocycles. The molecule has 0 unspecified atom stereocenters. The molecule has 0 amide bonds. The van der Waals surface area contributed by atoms with Gasteiger partial charge in [-0.1, -0.05) is 0 Å². The molecular formula is C9H12ClN3. The van der Waals surface area contributed by atoms with Crippen LogP contribution in [0.5, 0.6) is 0 Å². The van der Waals surface area contributed by atoms with Gasteiger partial charge in [0.15, 0.2) is 0 Å². The van der Waals surface area contributed by atoms with Crippen LogP contribution in [0, 0.1) is 6.92 Å². The second-order valence-electron chi connectivity index (χ2n) is 3.47. The predicted molar refractivity (Wildman–Crippen MR) is 53.1 cm³/mol. The predicted octanol–water partition coefficient (Wildman–Crippen LogP) is 1.97. The van der Waals surface area contributed by atoms with Gasteiger partial charge < -0.3 is 5.32 Å². The minimum atomic E-state index is 0.343. The average Bonchev–Trinajstić information content (AvgIpc) is 2.06. The Morgan fingerprint density at radius 2 is 2.15 bits per heavy atom. The van der Waals surface area contributed by atoms with Gasteiger partial charge in [0.2, 0.25) is 0 Å². The Bertz CT molecular complexity index is 279. The number of alkyl halides is 1. The molecule has 1 heterocycles. The zero-order valence-corrected chi connectivity index (χ0v) is 8.25. The minimum Gasteiger partial charge on any atom is -0.366 e. The number of rotatable bonds is 2. The average molecular weight is 198 g/mol. The van der Waals surface area contributed by atoms with E-state index in [1.165, 1.54) is 0 Å². The first kappa shape index (κ1) is 8.75. The van der Waals surface area contributed by atoms with E-state index in [0.29, 0.717) is 11.4 Å². The van der Waals surface area contributed by atoms with Crippen molar-refractivity contribution in [2.45, 2.75) is 31.2 Å². The van der Waals surface area contributed by atoms with Crippen LogP contribution in [0.15, 0.2) is 12.1 Å². The van der Waals surface area contributed by atoms with E-state index < -0.39 is 0 Å². The molecule has 4 heteroatoms. The van der Waals surface area contributed by atoms with Crippen LogP contribution < -0.4 is 5.32 Å². The van der Waals surface area contributed by atoms with Crippen LogP contribution in [0.3, 0.4) is 0 Å². The van der Waals surface area contributed by atoms with E-state index in [9.17, 15) is 0 Å². The van der Waals surface area contributed by atoms with E-state index >= 15 is 0 Å². The highest BCUT2D eigenvalue weighted by molar-refractivity contribution is 6.21. The number of aromatic nitrogens is 2. The lowest BCUT2D eigenvalue weighted by molar-refractivity contribution is 0.453. The van der Waals surface area contributed by atoms with Crippen molar-refractivity contribution < 1.29 is 0 Å². The van der Waals surface area contributed by atoms with Crippen molar-refractivity contribution in [1.82, 2.24) is 10.2 Å². The molecule has 0 bridgehead atoms. The van der Waals surface area contributed by atoms with Crippen molar-refractivity contribution in [1.29, 1.82) is 0 Å². The minimum absolute atomic E-state index is 0.343. The molecule has 1 N–H and O–H groups in total. The molecule has 2 rings (SSSR count). The molecule has 1 aromatic rings. The maximum Gasteiger partial charge on any atom is 0.148 e. The van der Waals surface area contributed by atoms with Crippen LogP contribution in [0.25, 0.3) is 0 Å². The molecule has 0 saturated heterocycles. The lowest BCUT2D eigenvalue weighted by atomic mass is 9.92. The number of hydrogen-bond donors (Lipinski definition) is 1. The molecule has 1 aliphatic carbocycles. The summed E-state index contributed by atoms with van der Waals surface area (Å²) >= 11 is 5.86. The molecule has 1 aromatic heterocycles. The largest absolute Gasteiger partial charge is 0.366 e. The molecule has 3 nitrogen and oxygen atoms in total. The summed E-state index contributed by atoms with van der Waals surface area (Å²) in [6.07, 6.45) is 2.05. The second kappa shape index (κ2) is 3.50. The number of nitrogens with zero attached hydrogens (tertiary/aromatic N) is 2. The standard InChI is InChI=1S/C9H12ClN3/c1-6-2-3-9(13-12-6)11-8-4-7(10)5-8/h2-3,7-8H,4-5H2,1H3,(H,11,13). The maximum atomic E-state index is 5.86. The summed E-state index contributed by atoms with van der Waals surface area (Å²) in [7, 11) is 0. The first-order valence-corrected chi connectivity index (χ1v) is 4.88. The topological polar surface area (TPSA) is 37.8 Å². The molecule has 0 spiro atoms. The van der Waals surface area contributed by atoms with Crippen LogP contribution in [-0.2, 0) is 0 Å². The van der Waals surface area contributed by atoms with E-state index in [2.05, 4.69) is 15.5 Å². The van der Waals surface area contributed by atoms with Gasteiger partial charge >= 0.3 is 0 Å². The molecule has 1 aliphatic rings. The second-order valence-corrected chi connectivity index (χ2v) is 4.09. The molecule has 1 fully saturated rings. The van der Waals surface area contributed by atoms with Crippen LogP contribution in [0.1, 0.15) is 18.5 Å². The Labute approximate surface area is 82.5 Å². The SMILES string of the molecule is Cc1ccc(NC2CC(Cl)C2)nn1. The van der Waals surface area contributed by atoms with E-state index in [1.807, 2.05) is 19.1 Å². The normalized spacial score (nSPS) is 26.6.